The zero-order valence-corrected chi connectivity index (χ0v) is 23.2. The van der Waals surface area contributed by atoms with E-state index >= 15 is 0 Å². The molecule has 0 saturated heterocycles. The fourth-order valence-electron chi connectivity index (χ4n) is 4.40. The van der Waals surface area contributed by atoms with E-state index in [4.69, 9.17) is 14.2 Å². The topological polar surface area (TPSA) is 104 Å². The molecule has 37 heavy (non-hydrogen) atoms. The molecule has 1 N–H and O–H groups in total. The van der Waals surface area contributed by atoms with Crippen molar-refractivity contribution in [1.82, 2.24) is 10.3 Å². The van der Waals surface area contributed by atoms with Crippen molar-refractivity contribution in [2.75, 3.05) is 7.11 Å². The van der Waals surface area contributed by atoms with E-state index < -0.39 is 35.9 Å². The van der Waals surface area contributed by atoms with Gasteiger partial charge >= 0.3 is 11.9 Å². The second-order valence-corrected chi connectivity index (χ2v) is 9.56. The number of esters is 2. The highest BCUT2D eigenvalue weighted by molar-refractivity contribution is 5.98. The number of pyridine rings is 1. The molecule has 0 aliphatic heterocycles. The van der Waals surface area contributed by atoms with Gasteiger partial charge in [-0.1, -0.05) is 64.8 Å². The number of hydrogen-bond acceptors (Lipinski definition) is 7. The summed E-state index contributed by atoms with van der Waals surface area (Å²) in [5, 5.41) is 2.62. The summed E-state index contributed by atoms with van der Waals surface area (Å²) in [6.45, 7) is 13.1. The number of carbonyl (C=O) groups excluding carboxylic acids is 3. The largest absolute Gasteiger partial charge is 0.493 e. The minimum Gasteiger partial charge on any atom is -0.493 e. The van der Waals surface area contributed by atoms with Gasteiger partial charge in [0.1, 0.15) is 12.1 Å². The number of rotatable bonds is 12. The van der Waals surface area contributed by atoms with E-state index in [2.05, 4.69) is 43.2 Å². The van der Waals surface area contributed by atoms with Gasteiger partial charge in [-0.05, 0) is 37.8 Å². The fraction of sp³-hybridized carbons (Fsp3) is 0.517. The molecule has 202 valence electrons. The van der Waals surface area contributed by atoms with Crippen LogP contribution in [0.2, 0.25) is 0 Å². The Kier molecular flexibility index (Phi) is 11.1. The Morgan fingerprint density at radius 3 is 2.19 bits per heavy atom. The maximum Gasteiger partial charge on any atom is 0.328 e. The monoisotopic (exact) mass is 512 g/mol. The number of nitrogens with one attached hydrogen (secondary N) is 1. The van der Waals surface area contributed by atoms with Crippen molar-refractivity contribution < 1.29 is 28.6 Å². The van der Waals surface area contributed by atoms with Crippen LogP contribution in [0.4, 0.5) is 0 Å². The third-order valence-corrected chi connectivity index (χ3v) is 6.59. The highest BCUT2D eigenvalue weighted by Gasteiger charge is 2.32. The number of carbonyl (C=O) groups is 3. The molecule has 8 heteroatoms. The predicted octanol–water partition coefficient (Wildman–Crippen LogP) is 5.23. The van der Waals surface area contributed by atoms with Crippen molar-refractivity contribution >= 4 is 17.8 Å². The summed E-state index contributed by atoms with van der Waals surface area (Å²) in [7, 11) is 1.40. The van der Waals surface area contributed by atoms with Crippen LogP contribution in [-0.4, -0.2) is 42.1 Å². The summed E-state index contributed by atoms with van der Waals surface area (Å²) in [5.74, 6) is -1.77. The molecule has 1 heterocycles. The zero-order chi connectivity index (χ0) is 27.7. The van der Waals surface area contributed by atoms with Crippen molar-refractivity contribution in [3.63, 3.8) is 0 Å². The van der Waals surface area contributed by atoms with Crippen molar-refractivity contribution in [2.45, 2.75) is 79.4 Å². The maximum absolute atomic E-state index is 13.1. The van der Waals surface area contributed by atoms with Gasteiger partial charge in [-0.15, -0.1) is 0 Å². The maximum atomic E-state index is 13.1. The van der Waals surface area contributed by atoms with Gasteiger partial charge < -0.3 is 19.5 Å². The Bertz CT molecular complexity index is 1080. The lowest BCUT2D eigenvalue weighted by molar-refractivity contribution is -0.152. The number of methoxy groups -OCH3 is 1. The average Bonchev–Trinajstić information content (AvgIpc) is 2.87. The van der Waals surface area contributed by atoms with Crippen LogP contribution < -0.4 is 14.8 Å². The van der Waals surface area contributed by atoms with Crippen molar-refractivity contribution in [3.05, 3.63) is 53.3 Å². The molecule has 1 aromatic heterocycles. The molecule has 0 unspecified atom stereocenters. The highest BCUT2D eigenvalue weighted by Crippen LogP contribution is 2.36. The van der Waals surface area contributed by atoms with Gasteiger partial charge in [0.2, 0.25) is 5.75 Å². The summed E-state index contributed by atoms with van der Waals surface area (Å²) in [6.07, 6.45) is 2.86. The Morgan fingerprint density at radius 2 is 1.62 bits per heavy atom. The number of ether oxygens (including phenoxy) is 3. The van der Waals surface area contributed by atoms with Gasteiger partial charge in [0.05, 0.1) is 13.0 Å². The predicted molar refractivity (Wildman–Crippen MR) is 142 cm³/mol. The van der Waals surface area contributed by atoms with Gasteiger partial charge in [0.25, 0.3) is 5.91 Å². The molecule has 0 saturated carbocycles. The number of nitrogens with zero attached hydrogens (tertiary/aromatic N) is 1. The molecular weight excluding hydrogens is 472 g/mol. The molecule has 2 rings (SSSR count). The van der Waals surface area contributed by atoms with Crippen LogP contribution in [0.3, 0.4) is 0 Å². The lowest BCUT2D eigenvalue weighted by Crippen LogP contribution is -2.42. The number of hydrogen-bond donors (Lipinski definition) is 1. The second-order valence-electron chi connectivity index (χ2n) is 9.56. The van der Waals surface area contributed by atoms with E-state index in [0.29, 0.717) is 5.92 Å². The smallest absolute Gasteiger partial charge is 0.328 e. The van der Waals surface area contributed by atoms with Gasteiger partial charge in [-0.2, -0.15) is 0 Å². The standard InChI is InChI=1S/C29H40N2O6/c1-9-21(10-2)24(22-14-12-11-13-18(22)5)20(7)36-29(34)19(6)31-27(32)25-26(37-28(33)17(3)4)23(35-8)15-16-30-25/h11-17,19-21,24H,9-10H2,1-8H3,(H,31,32)/t19-,20-,24-/m0/s1. The van der Waals surface area contributed by atoms with Gasteiger partial charge in [-0.3, -0.25) is 9.59 Å². The molecule has 2 aromatic rings. The molecule has 0 bridgehead atoms. The normalized spacial score (nSPS) is 13.6. The Labute approximate surface area is 220 Å². The van der Waals surface area contributed by atoms with Crippen LogP contribution in [0.5, 0.6) is 11.5 Å². The number of amides is 1. The minimum absolute atomic E-state index is 0.0187. The van der Waals surface area contributed by atoms with E-state index in [0.717, 1.165) is 24.0 Å². The molecular formula is C29H40N2O6. The van der Waals surface area contributed by atoms with Crippen LogP contribution in [0.1, 0.15) is 81.9 Å². The van der Waals surface area contributed by atoms with Crippen LogP contribution >= 0.6 is 0 Å². The third-order valence-electron chi connectivity index (χ3n) is 6.59. The lowest BCUT2D eigenvalue weighted by atomic mass is 9.78. The van der Waals surface area contributed by atoms with E-state index in [1.165, 1.54) is 19.4 Å². The molecule has 0 fully saturated rings. The first kappa shape index (κ1) is 29.8. The summed E-state index contributed by atoms with van der Waals surface area (Å²) >= 11 is 0. The third kappa shape index (κ3) is 7.54. The van der Waals surface area contributed by atoms with Crippen molar-refractivity contribution in [1.29, 1.82) is 0 Å². The van der Waals surface area contributed by atoms with Crippen LogP contribution in [0.15, 0.2) is 36.5 Å². The van der Waals surface area contributed by atoms with Crippen LogP contribution in [0, 0.1) is 18.8 Å². The number of benzene rings is 1. The van der Waals surface area contributed by atoms with Crippen LogP contribution in [0.25, 0.3) is 0 Å². The van der Waals surface area contributed by atoms with Crippen LogP contribution in [-0.2, 0) is 14.3 Å². The fourth-order valence-corrected chi connectivity index (χ4v) is 4.40. The molecule has 1 aromatic carbocycles. The molecule has 3 atom stereocenters. The van der Waals surface area contributed by atoms with Gasteiger partial charge in [-0.25, -0.2) is 9.78 Å². The van der Waals surface area contributed by atoms with Gasteiger partial charge in [0.15, 0.2) is 11.4 Å². The lowest BCUT2D eigenvalue weighted by Gasteiger charge is -2.32. The Hall–Kier alpha value is -3.42. The molecule has 0 radical (unpaired) electrons. The minimum atomic E-state index is -0.962. The number of aryl methyl sites for hydroxylation is 1. The molecule has 8 nitrogen and oxygen atoms in total. The summed E-state index contributed by atoms with van der Waals surface area (Å²) < 4.78 is 16.5. The second kappa shape index (κ2) is 13.8. The summed E-state index contributed by atoms with van der Waals surface area (Å²) in [4.78, 5) is 42.4. The van der Waals surface area contributed by atoms with Crippen molar-refractivity contribution in [3.8, 4) is 11.5 Å². The Morgan fingerprint density at radius 1 is 0.973 bits per heavy atom. The quantitative estimate of drug-likeness (QED) is 0.388. The van der Waals surface area contributed by atoms with Crippen molar-refractivity contribution in [2.24, 2.45) is 11.8 Å². The first-order valence-electron chi connectivity index (χ1n) is 12.9. The van der Waals surface area contributed by atoms with E-state index in [-0.39, 0.29) is 23.1 Å². The van der Waals surface area contributed by atoms with E-state index in [9.17, 15) is 14.4 Å². The molecule has 1 amide bonds. The van der Waals surface area contributed by atoms with E-state index in [1.807, 2.05) is 19.1 Å². The molecule has 0 aliphatic carbocycles. The SMILES string of the molecule is CCC(CC)[C@@H](c1ccccc1C)[C@H](C)OC(=O)[C@H](C)NC(=O)c1nccc(OC)c1OC(=O)C(C)C. The van der Waals surface area contributed by atoms with E-state index in [1.54, 1.807) is 20.8 Å². The highest BCUT2D eigenvalue weighted by atomic mass is 16.6. The molecule has 0 aliphatic rings. The summed E-state index contributed by atoms with van der Waals surface area (Å²) in [5.41, 5.74) is 2.15. The molecule has 0 spiro atoms. The summed E-state index contributed by atoms with van der Waals surface area (Å²) in [6, 6.07) is 8.67. The zero-order valence-electron chi connectivity index (χ0n) is 23.2. The number of aromatic nitrogens is 1. The Balaban J connectivity index is 2.22. The average molecular weight is 513 g/mol. The first-order chi connectivity index (χ1) is 17.5. The van der Waals surface area contributed by atoms with Gasteiger partial charge in [0, 0.05) is 18.2 Å². The first-order valence-corrected chi connectivity index (χ1v) is 12.9.